The van der Waals surface area contributed by atoms with E-state index in [4.69, 9.17) is 10.00 Å². The first kappa shape index (κ1) is 18.9. The zero-order valence-electron chi connectivity index (χ0n) is 13.5. The van der Waals surface area contributed by atoms with Crippen molar-refractivity contribution in [3.8, 4) is 17.6 Å². The second-order valence-corrected chi connectivity index (χ2v) is 5.13. The maximum absolute atomic E-state index is 12.7. The number of rotatable bonds is 4. The molecule has 0 unspecified atom stereocenters. The van der Waals surface area contributed by atoms with Crippen LogP contribution in [0.4, 0.5) is 18.9 Å². The third-order valence-electron chi connectivity index (χ3n) is 3.33. The van der Waals surface area contributed by atoms with E-state index in [0.717, 1.165) is 18.2 Å². The molecule has 0 heterocycles. The summed E-state index contributed by atoms with van der Waals surface area (Å²) in [6, 6.07) is 9.96. The van der Waals surface area contributed by atoms with Gasteiger partial charge in [0.1, 0.15) is 11.6 Å². The minimum absolute atomic E-state index is 0.0886. The zero-order valence-corrected chi connectivity index (χ0v) is 13.5. The lowest BCUT2D eigenvalue weighted by atomic mass is 10.1. The van der Waals surface area contributed by atoms with Crippen molar-refractivity contribution >= 4 is 17.7 Å². The molecule has 0 bridgehead atoms. The predicted octanol–water partition coefficient (Wildman–Crippen LogP) is 3.97. The number of alkyl halides is 3. The van der Waals surface area contributed by atoms with Crippen molar-refractivity contribution in [1.29, 1.82) is 5.26 Å². The van der Waals surface area contributed by atoms with Gasteiger partial charge in [-0.25, -0.2) is 0 Å². The zero-order chi connectivity index (χ0) is 19.3. The van der Waals surface area contributed by atoms with E-state index < -0.39 is 17.6 Å². The molecule has 1 amide bonds. The largest absolute Gasteiger partial charge is 0.504 e. The van der Waals surface area contributed by atoms with Crippen molar-refractivity contribution in [2.45, 2.75) is 6.18 Å². The normalized spacial score (nSPS) is 11.6. The van der Waals surface area contributed by atoms with Gasteiger partial charge in [-0.15, -0.1) is 0 Å². The first-order chi connectivity index (χ1) is 12.2. The minimum atomic E-state index is -4.54. The van der Waals surface area contributed by atoms with Crippen molar-refractivity contribution in [2.24, 2.45) is 0 Å². The summed E-state index contributed by atoms with van der Waals surface area (Å²) in [5, 5.41) is 21.0. The second kappa shape index (κ2) is 7.61. The Labute approximate surface area is 146 Å². The Morgan fingerprint density at radius 1 is 1.27 bits per heavy atom. The van der Waals surface area contributed by atoms with Crippen LogP contribution in [0.3, 0.4) is 0 Å². The van der Waals surface area contributed by atoms with E-state index in [1.807, 2.05) is 0 Å². The molecule has 0 aliphatic carbocycles. The minimum Gasteiger partial charge on any atom is -0.504 e. The van der Waals surface area contributed by atoms with Crippen LogP contribution in [0.1, 0.15) is 11.1 Å². The first-order valence-corrected chi connectivity index (χ1v) is 7.22. The number of anilines is 1. The van der Waals surface area contributed by atoms with Crippen LogP contribution < -0.4 is 10.1 Å². The van der Waals surface area contributed by atoms with Gasteiger partial charge in [0.25, 0.3) is 5.91 Å². The van der Waals surface area contributed by atoms with Gasteiger partial charge in [-0.2, -0.15) is 18.4 Å². The number of nitrogens with zero attached hydrogens (tertiary/aromatic N) is 1. The molecule has 0 radical (unpaired) electrons. The number of aromatic hydroxyl groups is 1. The molecule has 0 saturated carbocycles. The number of benzene rings is 2. The number of halogens is 3. The van der Waals surface area contributed by atoms with Crippen molar-refractivity contribution in [3.05, 3.63) is 59.2 Å². The lowest BCUT2D eigenvalue weighted by Gasteiger charge is -2.09. The number of phenols is 1. The molecule has 2 aromatic rings. The van der Waals surface area contributed by atoms with E-state index in [1.165, 1.54) is 37.5 Å². The number of methoxy groups -OCH3 is 1. The number of nitrogens with one attached hydrogen (secondary N) is 1. The van der Waals surface area contributed by atoms with E-state index in [1.54, 1.807) is 6.07 Å². The molecular formula is C18H13F3N2O3. The quantitative estimate of drug-likeness (QED) is 0.637. The molecule has 0 fully saturated rings. The van der Waals surface area contributed by atoms with Crippen LogP contribution in [0.2, 0.25) is 0 Å². The summed E-state index contributed by atoms with van der Waals surface area (Å²) in [4.78, 5) is 12.2. The summed E-state index contributed by atoms with van der Waals surface area (Å²) in [6.45, 7) is 0. The highest BCUT2D eigenvalue weighted by Gasteiger charge is 2.30. The standard InChI is InChI=1S/C18H13F3N2O3/c1-26-16-8-11(5-6-15(16)24)7-12(10-22)17(25)23-14-4-2-3-13(9-14)18(19,20)21/h2-9,24H,1H3,(H,23,25). The molecule has 0 atom stereocenters. The third kappa shape index (κ3) is 4.54. The molecule has 2 N–H and O–H groups in total. The van der Waals surface area contributed by atoms with Gasteiger partial charge >= 0.3 is 6.18 Å². The van der Waals surface area contributed by atoms with Gasteiger partial charge < -0.3 is 15.2 Å². The molecule has 0 aliphatic heterocycles. The summed E-state index contributed by atoms with van der Waals surface area (Å²) in [7, 11) is 1.34. The Hall–Kier alpha value is -3.47. The summed E-state index contributed by atoms with van der Waals surface area (Å²) in [5.41, 5.74) is -0.930. The average Bonchev–Trinajstić information content (AvgIpc) is 2.60. The van der Waals surface area contributed by atoms with Crippen molar-refractivity contribution in [2.75, 3.05) is 12.4 Å². The lowest BCUT2D eigenvalue weighted by Crippen LogP contribution is -2.14. The number of hydrogen-bond acceptors (Lipinski definition) is 4. The van der Waals surface area contributed by atoms with Gasteiger partial charge in [0.2, 0.25) is 0 Å². The van der Waals surface area contributed by atoms with E-state index in [-0.39, 0.29) is 22.8 Å². The molecule has 0 saturated heterocycles. The molecule has 0 aliphatic rings. The maximum atomic E-state index is 12.7. The average molecular weight is 362 g/mol. The van der Waals surface area contributed by atoms with Gasteiger partial charge in [-0.1, -0.05) is 12.1 Å². The molecule has 26 heavy (non-hydrogen) atoms. The van der Waals surface area contributed by atoms with Gasteiger partial charge in [0, 0.05) is 5.69 Å². The van der Waals surface area contributed by atoms with Crippen LogP contribution in [-0.4, -0.2) is 18.1 Å². The Balaban J connectivity index is 2.26. The molecule has 2 aromatic carbocycles. The fourth-order valence-corrected chi connectivity index (χ4v) is 2.07. The summed E-state index contributed by atoms with van der Waals surface area (Å²) >= 11 is 0. The molecule has 8 heteroatoms. The van der Waals surface area contributed by atoms with Crippen LogP contribution in [0.5, 0.6) is 11.5 Å². The summed E-state index contributed by atoms with van der Waals surface area (Å²) in [5.74, 6) is -0.829. The lowest BCUT2D eigenvalue weighted by molar-refractivity contribution is -0.137. The highest BCUT2D eigenvalue weighted by atomic mass is 19.4. The van der Waals surface area contributed by atoms with E-state index in [9.17, 15) is 23.1 Å². The molecule has 0 aromatic heterocycles. The number of nitriles is 1. The van der Waals surface area contributed by atoms with Crippen molar-refractivity contribution in [3.63, 3.8) is 0 Å². The first-order valence-electron chi connectivity index (χ1n) is 7.22. The van der Waals surface area contributed by atoms with E-state index >= 15 is 0 Å². The Morgan fingerprint density at radius 2 is 2.00 bits per heavy atom. The Kier molecular flexibility index (Phi) is 5.52. The molecule has 0 spiro atoms. The van der Waals surface area contributed by atoms with E-state index in [0.29, 0.717) is 5.56 Å². The third-order valence-corrected chi connectivity index (χ3v) is 3.33. The Bertz CT molecular complexity index is 899. The number of carbonyl (C=O) groups is 1. The predicted molar refractivity (Wildman–Crippen MR) is 88.3 cm³/mol. The number of ether oxygens (including phenoxy) is 1. The second-order valence-electron chi connectivity index (χ2n) is 5.13. The maximum Gasteiger partial charge on any atom is 0.416 e. The molecular weight excluding hydrogens is 349 g/mol. The molecule has 5 nitrogen and oxygen atoms in total. The number of hydrogen-bond donors (Lipinski definition) is 2. The monoisotopic (exact) mass is 362 g/mol. The number of phenolic OH excluding ortho intramolecular Hbond substituents is 1. The molecule has 2 rings (SSSR count). The van der Waals surface area contributed by atoms with Crippen LogP contribution in [0, 0.1) is 11.3 Å². The Morgan fingerprint density at radius 3 is 2.62 bits per heavy atom. The highest BCUT2D eigenvalue weighted by Crippen LogP contribution is 2.31. The van der Waals surface area contributed by atoms with Gasteiger partial charge in [-0.05, 0) is 42.0 Å². The van der Waals surface area contributed by atoms with Crippen LogP contribution in [-0.2, 0) is 11.0 Å². The van der Waals surface area contributed by atoms with Gasteiger partial charge in [0.15, 0.2) is 11.5 Å². The van der Waals surface area contributed by atoms with Gasteiger partial charge in [0.05, 0.1) is 12.7 Å². The number of carbonyl (C=O) groups excluding carboxylic acids is 1. The highest BCUT2D eigenvalue weighted by molar-refractivity contribution is 6.09. The van der Waals surface area contributed by atoms with Crippen LogP contribution in [0.25, 0.3) is 6.08 Å². The SMILES string of the molecule is COc1cc(C=C(C#N)C(=O)Nc2cccc(C(F)(F)F)c2)ccc1O. The topological polar surface area (TPSA) is 82.3 Å². The smallest absolute Gasteiger partial charge is 0.416 e. The fourth-order valence-electron chi connectivity index (χ4n) is 2.07. The summed E-state index contributed by atoms with van der Waals surface area (Å²) in [6.07, 6.45) is -3.32. The van der Waals surface area contributed by atoms with E-state index in [2.05, 4.69) is 5.32 Å². The summed E-state index contributed by atoms with van der Waals surface area (Å²) < 4.78 is 43.1. The van der Waals surface area contributed by atoms with Crippen molar-refractivity contribution in [1.82, 2.24) is 0 Å². The fraction of sp³-hybridized carbons (Fsp3) is 0.111. The number of amides is 1. The van der Waals surface area contributed by atoms with Crippen molar-refractivity contribution < 1.29 is 27.8 Å². The van der Waals surface area contributed by atoms with Crippen LogP contribution in [0.15, 0.2) is 48.0 Å². The van der Waals surface area contributed by atoms with Gasteiger partial charge in [-0.3, -0.25) is 4.79 Å². The molecule has 134 valence electrons. The van der Waals surface area contributed by atoms with Crippen LogP contribution >= 0.6 is 0 Å².